The Bertz CT molecular complexity index is 512. The second-order valence-electron chi connectivity index (χ2n) is 4.26. The zero-order valence-electron chi connectivity index (χ0n) is 10.2. The molecule has 0 saturated heterocycles. The fourth-order valence-corrected chi connectivity index (χ4v) is 3.61. The van der Waals surface area contributed by atoms with Crippen LogP contribution in [0.15, 0.2) is 38.7 Å². The summed E-state index contributed by atoms with van der Waals surface area (Å²) in [7, 11) is 0. The molecular weight excluding hydrogens is 376 g/mol. The maximum absolute atomic E-state index is 4.52. The Morgan fingerprint density at radius 3 is 2.72 bits per heavy atom. The maximum Gasteiger partial charge on any atom is 0.143 e. The van der Waals surface area contributed by atoms with Gasteiger partial charge >= 0.3 is 0 Å². The van der Waals surface area contributed by atoms with Crippen LogP contribution in [0, 0.1) is 0 Å². The van der Waals surface area contributed by atoms with Crippen LogP contribution in [-0.4, -0.2) is 11.0 Å². The number of hydrogen-bond acceptors (Lipinski definition) is 3. The molecule has 0 bridgehead atoms. The molecule has 0 aliphatic carbocycles. The summed E-state index contributed by atoms with van der Waals surface area (Å²) in [5.74, 6) is 0.988. The Morgan fingerprint density at radius 2 is 2.17 bits per heavy atom. The summed E-state index contributed by atoms with van der Waals surface area (Å²) >= 11 is 8.80. The monoisotopic (exact) mass is 388 g/mol. The molecule has 0 saturated carbocycles. The molecule has 96 valence electrons. The van der Waals surface area contributed by atoms with Gasteiger partial charge in [0.2, 0.25) is 0 Å². The van der Waals surface area contributed by atoms with Gasteiger partial charge in [0.1, 0.15) is 5.82 Å². The van der Waals surface area contributed by atoms with Gasteiger partial charge in [-0.1, -0.05) is 6.07 Å². The van der Waals surface area contributed by atoms with Crippen molar-refractivity contribution in [3.8, 4) is 0 Å². The Labute approximate surface area is 128 Å². The number of halogens is 2. The SMILES string of the molecule is CC(C)N(Cc1cccs1)c1ncc(Br)cc1Br. The average Bonchev–Trinajstić information content (AvgIpc) is 2.79. The maximum atomic E-state index is 4.52. The first kappa shape index (κ1) is 14.0. The molecular formula is C13H14Br2N2S. The molecule has 0 unspecified atom stereocenters. The second kappa shape index (κ2) is 6.17. The average molecular weight is 390 g/mol. The van der Waals surface area contributed by atoms with Crippen molar-refractivity contribution in [2.75, 3.05) is 4.90 Å². The highest BCUT2D eigenvalue weighted by Gasteiger charge is 2.16. The minimum absolute atomic E-state index is 0.400. The van der Waals surface area contributed by atoms with E-state index in [4.69, 9.17) is 0 Å². The first-order valence-electron chi connectivity index (χ1n) is 5.68. The van der Waals surface area contributed by atoms with E-state index in [1.807, 2.05) is 12.3 Å². The number of aromatic nitrogens is 1. The molecule has 0 atom stereocenters. The molecule has 2 rings (SSSR count). The van der Waals surface area contributed by atoms with Crippen molar-refractivity contribution in [1.82, 2.24) is 4.98 Å². The third-order valence-corrected chi connectivity index (χ3v) is 4.47. The summed E-state index contributed by atoms with van der Waals surface area (Å²) in [6, 6.07) is 6.68. The molecule has 5 heteroatoms. The Balaban J connectivity index is 2.29. The van der Waals surface area contributed by atoms with E-state index in [9.17, 15) is 0 Å². The van der Waals surface area contributed by atoms with E-state index in [0.717, 1.165) is 21.3 Å². The number of hydrogen-bond donors (Lipinski definition) is 0. The van der Waals surface area contributed by atoms with Gasteiger partial charge in [-0.2, -0.15) is 0 Å². The molecule has 2 aromatic heterocycles. The van der Waals surface area contributed by atoms with Crippen molar-refractivity contribution in [3.63, 3.8) is 0 Å². The van der Waals surface area contributed by atoms with Crippen molar-refractivity contribution < 1.29 is 0 Å². The zero-order chi connectivity index (χ0) is 13.1. The number of nitrogens with zero attached hydrogens (tertiary/aromatic N) is 2. The van der Waals surface area contributed by atoms with Gasteiger partial charge in [0.25, 0.3) is 0 Å². The van der Waals surface area contributed by atoms with E-state index in [1.54, 1.807) is 11.3 Å². The minimum Gasteiger partial charge on any atom is -0.348 e. The normalized spacial score (nSPS) is 10.9. The van der Waals surface area contributed by atoms with Crippen LogP contribution in [0.25, 0.3) is 0 Å². The number of rotatable bonds is 4. The van der Waals surface area contributed by atoms with Gasteiger partial charge in [-0.25, -0.2) is 4.98 Å². The lowest BCUT2D eigenvalue weighted by molar-refractivity contribution is 0.675. The van der Waals surface area contributed by atoms with E-state index in [0.29, 0.717) is 6.04 Å². The van der Waals surface area contributed by atoms with E-state index in [1.165, 1.54) is 4.88 Å². The van der Waals surface area contributed by atoms with Gasteiger partial charge in [-0.05, 0) is 63.2 Å². The Kier molecular flexibility index (Phi) is 4.81. The summed E-state index contributed by atoms with van der Waals surface area (Å²) in [5.41, 5.74) is 0. The Hall–Kier alpha value is -0.390. The molecule has 0 aliphatic rings. The number of anilines is 1. The van der Waals surface area contributed by atoms with Crippen LogP contribution in [0.2, 0.25) is 0 Å². The van der Waals surface area contributed by atoms with Gasteiger partial charge in [0, 0.05) is 21.6 Å². The highest BCUT2D eigenvalue weighted by Crippen LogP contribution is 2.29. The third-order valence-electron chi connectivity index (χ3n) is 2.59. The standard InChI is InChI=1S/C13H14Br2N2S/c1-9(2)17(8-11-4-3-5-18-11)13-12(15)6-10(14)7-16-13/h3-7,9H,8H2,1-2H3. The summed E-state index contributed by atoms with van der Waals surface area (Å²) < 4.78 is 2.00. The molecule has 0 amide bonds. The van der Waals surface area contributed by atoms with Crippen LogP contribution in [0.4, 0.5) is 5.82 Å². The van der Waals surface area contributed by atoms with Crippen LogP contribution in [0.5, 0.6) is 0 Å². The molecule has 18 heavy (non-hydrogen) atoms. The summed E-state index contributed by atoms with van der Waals surface area (Å²) in [6.07, 6.45) is 1.84. The smallest absolute Gasteiger partial charge is 0.143 e. The fraction of sp³-hybridized carbons (Fsp3) is 0.308. The highest BCUT2D eigenvalue weighted by molar-refractivity contribution is 9.11. The molecule has 0 aliphatic heterocycles. The van der Waals surface area contributed by atoms with Gasteiger partial charge in [0.05, 0.1) is 11.0 Å². The van der Waals surface area contributed by atoms with E-state index >= 15 is 0 Å². The predicted molar refractivity (Wildman–Crippen MR) is 85.3 cm³/mol. The van der Waals surface area contributed by atoms with Crippen LogP contribution >= 0.6 is 43.2 Å². The summed E-state index contributed by atoms with van der Waals surface area (Å²) in [6.45, 7) is 5.26. The van der Waals surface area contributed by atoms with Gasteiger partial charge in [-0.3, -0.25) is 0 Å². The summed E-state index contributed by atoms with van der Waals surface area (Å²) in [4.78, 5) is 8.16. The van der Waals surface area contributed by atoms with Crippen molar-refractivity contribution in [3.05, 3.63) is 43.6 Å². The molecule has 0 aromatic carbocycles. The highest BCUT2D eigenvalue weighted by atomic mass is 79.9. The van der Waals surface area contributed by atoms with Gasteiger partial charge in [-0.15, -0.1) is 11.3 Å². The van der Waals surface area contributed by atoms with Crippen molar-refractivity contribution in [2.45, 2.75) is 26.4 Å². The molecule has 2 aromatic rings. The van der Waals surface area contributed by atoms with Crippen LogP contribution in [0.3, 0.4) is 0 Å². The lowest BCUT2D eigenvalue weighted by Crippen LogP contribution is -2.30. The predicted octanol–water partition coefficient (Wildman–Crippen LogP) is 5.08. The summed E-state index contributed by atoms with van der Waals surface area (Å²) in [5, 5.41) is 2.11. The number of pyridine rings is 1. The molecule has 2 heterocycles. The van der Waals surface area contributed by atoms with Gasteiger partial charge in [0.15, 0.2) is 0 Å². The quantitative estimate of drug-likeness (QED) is 0.724. The van der Waals surface area contributed by atoms with Gasteiger partial charge < -0.3 is 4.90 Å². The largest absolute Gasteiger partial charge is 0.348 e. The lowest BCUT2D eigenvalue weighted by atomic mass is 10.3. The molecule has 0 N–H and O–H groups in total. The first-order valence-corrected chi connectivity index (χ1v) is 8.14. The van der Waals surface area contributed by atoms with Crippen LogP contribution < -0.4 is 4.90 Å². The fourth-order valence-electron chi connectivity index (χ4n) is 1.69. The minimum atomic E-state index is 0.400. The Morgan fingerprint density at radius 1 is 1.39 bits per heavy atom. The van der Waals surface area contributed by atoms with E-state index < -0.39 is 0 Å². The van der Waals surface area contributed by atoms with Crippen molar-refractivity contribution >= 4 is 49.0 Å². The van der Waals surface area contributed by atoms with Crippen molar-refractivity contribution in [2.24, 2.45) is 0 Å². The van der Waals surface area contributed by atoms with E-state index in [2.05, 4.69) is 73.1 Å². The topological polar surface area (TPSA) is 16.1 Å². The van der Waals surface area contributed by atoms with E-state index in [-0.39, 0.29) is 0 Å². The zero-order valence-corrected chi connectivity index (χ0v) is 14.2. The van der Waals surface area contributed by atoms with Crippen LogP contribution in [0.1, 0.15) is 18.7 Å². The molecule has 0 fully saturated rings. The molecule has 2 nitrogen and oxygen atoms in total. The first-order chi connectivity index (χ1) is 8.58. The molecule has 0 radical (unpaired) electrons. The van der Waals surface area contributed by atoms with Crippen LogP contribution in [-0.2, 0) is 6.54 Å². The second-order valence-corrected chi connectivity index (χ2v) is 7.06. The third kappa shape index (κ3) is 3.33. The number of thiophene rings is 1. The molecule has 0 spiro atoms. The lowest BCUT2D eigenvalue weighted by Gasteiger charge is -2.28. The van der Waals surface area contributed by atoms with Crippen molar-refractivity contribution in [1.29, 1.82) is 0 Å².